The second kappa shape index (κ2) is 5.06. The van der Waals surface area contributed by atoms with Crippen LogP contribution in [-0.2, 0) is 4.74 Å². The number of nitrogens with zero attached hydrogens (tertiary/aromatic N) is 1. The van der Waals surface area contributed by atoms with Crippen LogP contribution in [0.15, 0.2) is 17.2 Å². The number of nitrogens with one attached hydrogen (secondary N) is 1. The molecule has 5 heteroatoms. The van der Waals surface area contributed by atoms with Crippen LogP contribution < -0.4 is 5.73 Å². The summed E-state index contributed by atoms with van der Waals surface area (Å²) in [5.74, 6) is 0.0908. The predicted molar refractivity (Wildman–Crippen MR) is 69.7 cm³/mol. The molecule has 0 radical (unpaired) electrons. The first-order valence-corrected chi connectivity index (χ1v) is 6.55. The Hall–Kier alpha value is -1.07. The second-order valence-electron chi connectivity index (χ2n) is 4.27. The lowest BCUT2D eigenvalue weighted by Gasteiger charge is -2.13. The van der Waals surface area contributed by atoms with Gasteiger partial charge >= 0.3 is 0 Å². The summed E-state index contributed by atoms with van der Waals surface area (Å²) in [4.78, 5) is 4.47. The first kappa shape index (κ1) is 12.4. The highest BCUT2D eigenvalue weighted by Crippen LogP contribution is 2.31. The largest absolute Gasteiger partial charge is 0.384 e. The van der Waals surface area contributed by atoms with Crippen molar-refractivity contribution in [3.8, 4) is 0 Å². The molecule has 1 aliphatic rings. The molecule has 2 unspecified atom stereocenters. The number of aryl methyl sites for hydroxylation is 1. The highest BCUT2D eigenvalue weighted by molar-refractivity contribution is 7.99. The van der Waals surface area contributed by atoms with Crippen molar-refractivity contribution in [3.05, 3.63) is 23.4 Å². The maximum absolute atomic E-state index is 7.47. The minimum absolute atomic E-state index is 0.0908. The Balaban J connectivity index is 2.17. The summed E-state index contributed by atoms with van der Waals surface area (Å²) in [6.45, 7) is 4.83. The third kappa shape index (κ3) is 2.98. The van der Waals surface area contributed by atoms with Crippen LogP contribution in [0.3, 0.4) is 0 Å². The number of hydrogen-bond acceptors (Lipinski definition) is 4. The normalized spacial score (nSPS) is 23.9. The number of amidine groups is 1. The maximum atomic E-state index is 7.47. The van der Waals surface area contributed by atoms with E-state index in [9.17, 15) is 0 Å². The molecule has 92 valence electrons. The zero-order chi connectivity index (χ0) is 12.4. The van der Waals surface area contributed by atoms with E-state index in [1.165, 1.54) is 0 Å². The summed E-state index contributed by atoms with van der Waals surface area (Å²) in [6.07, 6.45) is 1.32. The number of hydrogen-bond donors (Lipinski definition) is 2. The number of nitrogens with two attached hydrogens (primary N) is 1. The molecule has 1 aliphatic heterocycles. The van der Waals surface area contributed by atoms with E-state index >= 15 is 0 Å². The van der Waals surface area contributed by atoms with Crippen molar-refractivity contribution in [3.63, 3.8) is 0 Å². The molecule has 0 amide bonds. The molecule has 1 saturated heterocycles. The summed E-state index contributed by atoms with van der Waals surface area (Å²) < 4.78 is 5.53. The molecule has 0 bridgehead atoms. The van der Waals surface area contributed by atoms with Crippen LogP contribution >= 0.6 is 11.8 Å². The molecule has 17 heavy (non-hydrogen) atoms. The summed E-state index contributed by atoms with van der Waals surface area (Å²) in [7, 11) is 0. The molecular formula is C12H17N3OS. The fourth-order valence-corrected chi connectivity index (χ4v) is 3.06. The van der Waals surface area contributed by atoms with Gasteiger partial charge in [0.15, 0.2) is 0 Å². The molecule has 1 aromatic heterocycles. The summed E-state index contributed by atoms with van der Waals surface area (Å²) in [6, 6.07) is 3.71. The smallest absolute Gasteiger partial charge is 0.122 e. The van der Waals surface area contributed by atoms with Crippen LogP contribution in [0, 0.1) is 12.3 Å². The number of aromatic nitrogens is 1. The van der Waals surface area contributed by atoms with Crippen molar-refractivity contribution in [2.75, 3.05) is 6.61 Å². The Morgan fingerprint density at radius 2 is 2.35 bits per heavy atom. The standard InChI is InChI=1S/C12H17N3OS/c1-7-5-9(12(13)14)6-11(15-7)17-10-3-4-16-8(10)2/h5-6,8,10H,3-4H2,1-2H3,(H3,13,14). The van der Waals surface area contributed by atoms with Crippen molar-refractivity contribution >= 4 is 17.6 Å². The highest BCUT2D eigenvalue weighted by atomic mass is 32.2. The minimum Gasteiger partial charge on any atom is -0.384 e. The zero-order valence-electron chi connectivity index (χ0n) is 10.1. The fourth-order valence-electron chi connectivity index (χ4n) is 1.88. The molecule has 3 N–H and O–H groups in total. The number of ether oxygens (including phenoxy) is 1. The van der Waals surface area contributed by atoms with Crippen LogP contribution in [0.5, 0.6) is 0 Å². The van der Waals surface area contributed by atoms with Crippen molar-refractivity contribution < 1.29 is 4.74 Å². The molecule has 2 heterocycles. The SMILES string of the molecule is Cc1cc(C(=N)N)cc(SC2CCOC2C)n1. The number of pyridine rings is 1. The number of nitrogen functional groups attached to an aromatic ring is 1. The van der Waals surface area contributed by atoms with Gasteiger partial charge in [-0.3, -0.25) is 5.41 Å². The fraction of sp³-hybridized carbons (Fsp3) is 0.500. The number of rotatable bonds is 3. The first-order valence-electron chi connectivity index (χ1n) is 5.67. The average Bonchev–Trinajstić information content (AvgIpc) is 2.63. The molecule has 1 fully saturated rings. The van der Waals surface area contributed by atoms with E-state index in [1.54, 1.807) is 11.8 Å². The summed E-state index contributed by atoms with van der Waals surface area (Å²) in [5, 5.41) is 8.85. The Kier molecular flexibility index (Phi) is 3.69. The Morgan fingerprint density at radius 1 is 1.59 bits per heavy atom. The van der Waals surface area contributed by atoms with Gasteiger partial charge in [-0.2, -0.15) is 0 Å². The highest BCUT2D eigenvalue weighted by Gasteiger charge is 2.25. The molecule has 2 atom stereocenters. The molecule has 0 saturated carbocycles. The van der Waals surface area contributed by atoms with Crippen LogP contribution in [0.2, 0.25) is 0 Å². The molecule has 4 nitrogen and oxygen atoms in total. The van der Waals surface area contributed by atoms with Gasteiger partial charge < -0.3 is 10.5 Å². The minimum atomic E-state index is 0.0908. The van der Waals surface area contributed by atoms with Crippen molar-refractivity contribution in [2.45, 2.75) is 36.6 Å². The Morgan fingerprint density at radius 3 is 2.94 bits per heavy atom. The Labute approximate surface area is 105 Å². The van der Waals surface area contributed by atoms with Gasteiger partial charge in [-0.05, 0) is 32.4 Å². The lowest BCUT2D eigenvalue weighted by molar-refractivity contribution is 0.127. The lowest BCUT2D eigenvalue weighted by Crippen LogP contribution is -2.15. The van der Waals surface area contributed by atoms with E-state index < -0.39 is 0 Å². The average molecular weight is 251 g/mol. The van der Waals surface area contributed by atoms with Gasteiger partial charge in [0, 0.05) is 23.1 Å². The zero-order valence-corrected chi connectivity index (χ0v) is 10.9. The Bertz CT molecular complexity index is 436. The topological polar surface area (TPSA) is 72.0 Å². The third-order valence-electron chi connectivity index (χ3n) is 2.82. The molecule has 1 aromatic rings. The van der Waals surface area contributed by atoms with Crippen molar-refractivity contribution in [1.82, 2.24) is 4.98 Å². The van der Waals surface area contributed by atoms with Gasteiger partial charge in [-0.1, -0.05) is 0 Å². The van der Waals surface area contributed by atoms with E-state index in [1.807, 2.05) is 19.1 Å². The quantitative estimate of drug-likeness (QED) is 0.636. The van der Waals surface area contributed by atoms with Crippen LogP contribution in [0.1, 0.15) is 24.6 Å². The summed E-state index contributed by atoms with van der Waals surface area (Å²) in [5.41, 5.74) is 7.15. The summed E-state index contributed by atoms with van der Waals surface area (Å²) >= 11 is 1.72. The van der Waals surface area contributed by atoms with Crippen LogP contribution in [-0.4, -0.2) is 28.8 Å². The van der Waals surface area contributed by atoms with Crippen molar-refractivity contribution in [2.24, 2.45) is 5.73 Å². The van der Waals surface area contributed by atoms with Gasteiger partial charge in [0.1, 0.15) is 5.84 Å². The second-order valence-corrected chi connectivity index (χ2v) is 5.53. The first-order chi connectivity index (χ1) is 8.06. The van der Waals surface area contributed by atoms with Gasteiger partial charge in [0.05, 0.1) is 11.1 Å². The van der Waals surface area contributed by atoms with Gasteiger partial charge in [0.2, 0.25) is 0 Å². The van der Waals surface area contributed by atoms with Gasteiger partial charge in [-0.15, -0.1) is 11.8 Å². The molecule has 0 aliphatic carbocycles. The van der Waals surface area contributed by atoms with E-state index in [-0.39, 0.29) is 11.9 Å². The van der Waals surface area contributed by atoms with E-state index in [0.29, 0.717) is 5.25 Å². The molecule has 0 spiro atoms. The molecule has 2 rings (SSSR count). The maximum Gasteiger partial charge on any atom is 0.122 e. The van der Waals surface area contributed by atoms with E-state index in [0.717, 1.165) is 29.3 Å². The van der Waals surface area contributed by atoms with Gasteiger partial charge in [0.25, 0.3) is 0 Å². The van der Waals surface area contributed by atoms with Crippen LogP contribution in [0.25, 0.3) is 0 Å². The predicted octanol–water partition coefficient (Wildman–Crippen LogP) is 1.94. The van der Waals surface area contributed by atoms with E-state index in [4.69, 9.17) is 15.9 Å². The van der Waals surface area contributed by atoms with Crippen molar-refractivity contribution in [1.29, 1.82) is 5.41 Å². The third-order valence-corrected chi connectivity index (χ3v) is 4.19. The molecule has 0 aromatic carbocycles. The van der Waals surface area contributed by atoms with Crippen LogP contribution in [0.4, 0.5) is 0 Å². The van der Waals surface area contributed by atoms with E-state index in [2.05, 4.69) is 11.9 Å². The molecular weight excluding hydrogens is 234 g/mol. The lowest BCUT2D eigenvalue weighted by atomic mass is 10.2. The number of thioether (sulfide) groups is 1. The monoisotopic (exact) mass is 251 g/mol. The van der Waals surface area contributed by atoms with Gasteiger partial charge in [-0.25, -0.2) is 4.98 Å².